The van der Waals surface area contributed by atoms with Gasteiger partial charge in [0.1, 0.15) is 0 Å². The van der Waals surface area contributed by atoms with Crippen molar-refractivity contribution < 1.29 is 19.6 Å². The summed E-state index contributed by atoms with van der Waals surface area (Å²) in [6.07, 6.45) is 0. The first-order valence-electron chi connectivity index (χ1n) is 6.52. The van der Waals surface area contributed by atoms with Crippen molar-refractivity contribution in [1.29, 1.82) is 0 Å². The Kier molecular flexibility index (Phi) is 5.40. The molecule has 1 unspecified atom stereocenters. The molecule has 1 atom stereocenters. The second kappa shape index (κ2) is 6.83. The van der Waals surface area contributed by atoms with Crippen LogP contribution >= 0.6 is 0 Å². The van der Waals surface area contributed by atoms with Crippen LogP contribution in [0.15, 0.2) is 24.3 Å². The number of carbonyl (C=O) groups excluding carboxylic acids is 1. The van der Waals surface area contributed by atoms with E-state index in [9.17, 15) is 19.7 Å². The van der Waals surface area contributed by atoms with Crippen molar-refractivity contribution in [3.05, 3.63) is 34.4 Å². The van der Waals surface area contributed by atoms with Crippen molar-refractivity contribution in [2.45, 2.75) is 20.8 Å². The van der Waals surface area contributed by atoms with Crippen molar-refractivity contribution in [3.8, 4) is 0 Å². The van der Waals surface area contributed by atoms with E-state index in [2.05, 4.69) is 0 Å². The Labute approximate surface area is 122 Å². The number of hydrogen-bond acceptors (Lipinski definition) is 4. The van der Waals surface area contributed by atoms with Crippen LogP contribution in [0.25, 0.3) is 0 Å². The second-order valence-electron chi connectivity index (χ2n) is 5.12. The number of rotatable bonds is 6. The van der Waals surface area contributed by atoms with Gasteiger partial charge in [-0.25, -0.2) is 0 Å². The quantitative estimate of drug-likeness (QED) is 0.640. The summed E-state index contributed by atoms with van der Waals surface area (Å²) >= 11 is 0. The number of nitro groups is 1. The molecule has 0 bridgehead atoms. The van der Waals surface area contributed by atoms with Gasteiger partial charge in [0.15, 0.2) is 0 Å². The molecule has 0 aliphatic rings. The molecule has 0 aliphatic carbocycles. The molecule has 21 heavy (non-hydrogen) atoms. The van der Waals surface area contributed by atoms with Crippen molar-refractivity contribution in [3.63, 3.8) is 0 Å². The Hall–Kier alpha value is -2.44. The zero-order valence-corrected chi connectivity index (χ0v) is 12.1. The van der Waals surface area contributed by atoms with Crippen LogP contribution in [0.3, 0.4) is 0 Å². The fraction of sp³-hybridized carbons (Fsp3) is 0.429. The number of non-ortho nitro benzene ring substituents is 1. The van der Waals surface area contributed by atoms with Crippen LogP contribution in [0.4, 0.5) is 11.4 Å². The maximum absolute atomic E-state index is 12.2. The SMILES string of the molecule is CC(C)C(=O)N(CC(C)C(=O)O)c1cccc([N+](=O)[O-])c1. The number of carboxylic acid groups (broad SMARTS) is 1. The normalized spacial score (nSPS) is 12.0. The predicted molar refractivity (Wildman–Crippen MR) is 77.1 cm³/mol. The van der Waals surface area contributed by atoms with Crippen LogP contribution in [-0.2, 0) is 9.59 Å². The molecule has 0 heterocycles. The lowest BCUT2D eigenvalue weighted by atomic mass is 10.1. The molecular weight excluding hydrogens is 276 g/mol. The summed E-state index contributed by atoms with van der Waals surface area (Å²) in [7, 11) is 0. The van der Waals surface area contributed by atoms with E-state index < -0.39 is 16.8 Å². The van der Waals surface area contributed by atoms with Gasteiger partial charge in [0.2, 0.25) is 5.91 Å². The molecule has 1 rings (SSSR count). The van der Waals surface area contributed by atoms with Gasteiger partial charge in [-0.3, -0.25) is 19.7 Å². The smallest absolute Gasteiger partial charge is 0.308 e. The summed E-state index contributed by atoms with van der Waals surface area (Å²) in [5, 5.41) is 19.8. The topological polar surface area (TPSA) is 101 Å². The third-order valence-electron chi connectivity index (χ3n) is 2.99. The van der Waals surface area contributed by atoms with Crippen LogP contribution in [0.5, 0.6) is 0 Å². The lowest BCUT2D eigenvalue weighted by molar-refractivity contribution is -0.384. The molecule has 1 aromatic rings. The van der Waals surface area contributed by atoms with Crippen LogP contribution in [0.2, 0.25) is 0 Å². The molecule has 114 valence electrons. The summed E-state index contributed by atoms with van der Waals surface area (Å²) in [6, 6.07) is 5.62. The molecule has 0 saturated carbocycles. The van der Waals surface area contributed by atoms with Gasteiger partial charge in [-0.2, -0.15) is 0 Å². The molecule has 1 N–H and O–H groups in total. The zero-order valence-electron chi connectivity index (χ0n) is 12.1. The van der Waals surface area contributed by atoms with Crippen molar-refractivity contribution in [2.75, 3.05) is 11.4 Å². The molecule has 7 heteroatoms. The third kappa shape index (κ3) is 4.27. The summed E-state index contributed by atoms with van der Waals surface area (Å²) < 4.78 is 0. The number of benzene rings is 1. The highest BCUT2D eigenvalue weighted by Gasteiger charge is 2.24. The Morgan fingerprint density at radius 3 is 2.43 bits per heavy atom. The number of anilines is 1. The van der Waals surface area contributed by atoms with Gasteiger partial charge in [-0.15, -0.1) is 0 Å². The van der Waals surface area contributed by atoms with Crippen LogP contribution in [0.1, 0.15) is 20.8 Å². The first-order chi connectivity index (χ1) is 9.73. The van der Waals surface area contributed by atoms with E-state index in [-0.39, 0.29) is 24.1 Å². The van der Waals surface area contributed by atoms with E-state index in [0.717, 1.165) is 0 Å². The van der Waals surface area contributed by atoms with Crippen LogP contribution in [0, 0.1) is 22.0 Å². The van der Waals surface area contributed by atoms with Crippen molar-refractivity contribution in [2.24, 2.45) is 11.8 Å². The molecule has 0 fully saturated rings. The molecule has 7 nitrogen and oxygen atoms in total. The first-order valence-corrected chi connectivity index (χ1v) is 6.52. The molecule has 0 aromatic heterocycles. The van der Waals surface area contributed by atoms with Gasteiger partial charge in [0, 0.05) is 24.6 Å². The molecular formula is C14H18N2O5. The van der Waals surface area contributed by atoms with Gasteiger partial charge in [-0.05, 0) is 6.07 Å². The number of carboxylic acids is 1. The largest absolute Gasteiger partial charge is 0.481 e. The number of nitrogens with zero attached hydrogens (tertiary/aromatic N) is 2. The number of amides is 1. The number of nitro benzene ring substituents is 1. The van der Waals surface area contributed by atoms with Gasteiger partial charge in [-0.1, -0.05) is 26.8 Å². The van der Waals surface area contributed by atoms with E-state index in [1.54, 1.807) is 19.9 Å². The third-order valence-corrected chi connectivity index (χ3v) is 2.99. The Morgan fingerprint density at radius 1 is 1.33 bits per heavy atom. The second-order valence-corrected chi connectivity index (χ2v) is 5.12. The summed E-state index contributed by atoms with van der Waals surface area (Å²) in [6.45, 7) is 4.84. The van der Waals surface area contributed by atoms with Gasteiger partial charge >= 0.3 is 5.97 Å². The highest BCUT2D eigenvalue weighted by atomic mass is 16.6. The van der Waals surface area contributed by atoms with Crippen molar-refractivity contribution >= 4 is 23.3 Å². The first kappa shape index (κ1) is 16.6. The number of hydrogen-bond donors (Lipinski definition) is 1. The Balaban J connectivity index is 3.17. The average Bonchev–Trinajstić information content (AvgIpc) is 2.43. The minimum Gasteiger partial charge on any atom is -0.481 e. The average molecular weight is 294 g/mol. The van der Waals surface area contributed by atoms with Crippen LogP contribution < -0.4 is 4.90 Å². The lowest BCUT2D eigenvalue weighted by Gasteiger charge is -2.26. The minimum absolute atomic E-state index is 0.0342. The van der Waals surface area contributed by atoms with E-state index in [0.29, 0.717) is 5.69 Å². The molecule has 0 saturated heterocycles. The zero-order chi connectivity index (χ0) is 16.2. The maximum Gasteiger partial charge on any atom is 0.308 e. The molecule has 1 aromatic carbocycles. The van der Waals surface area contributed by atoms with Gasteiger partial charge in [0.05, 0.1) is 16.5 Å². The van der Waals surface area contributed by atoms with Gasteiger partial charge < -0.3 is 10.0 Å². The van der Waals surface area contributed by atoms with Crippen molar-refractivity contribution in [1.82, 2.24) is 0 Å². The minimum atomic E-state index is -1.03. The van der Waals surface area contributed by atoms with Gasteiger partial charge in [0.25, 0.3) is 5.69 Å². The molecule has 1 amide bonds. The molecule has 0 aliphatic heterocycles. The maximum atomic E-state index is 12.2. The fourth-order valence-electron chi connectivity index (χ4n) is 1.76. The Morgan fingerprint density at radius 2 is 1.95 bits per heavy atom. The molecule has 0 radical (unpaired) electrons. The highest BCUT2D eigenvalue weighted by molar-refractivity contribution is 5.95. The van der Waals surface area contributed by atoms with Crippen LogP contribution in [-0.4, -0.2) is 28.5 Å². The highest BCUT2D eigenvalue weighted by Crippen LogP contribution is 2.23. The van der Waals surface area contributed by atoms with E-state index >= 15 is 0 Å². The van der Waals surface area contributed by atoms with E-state index in [4.69, 9.17) is 5.11 Å². The summed E-state index contributed by atoms with van der Waals surface area (Å²) in [4.78, 5) is 34.8. The summed E-state index contributed by atoms with van der Waals surface area (Å²) in [5.41, 5.74) is 0.188. The molecule has 0 spiro atoms. The number of aliphatic carboxylic acids is 1. The standard InChI is InChI=1S/C14H18N2O5/c1-9(2)13(17)15(8-10(3)14(18)19)11-5-4-6-12(7-11)16(20)21/h4-7,9-10H,8H2,1-3H3,(H,18,19). The summed E-state index contributed by atoms with van der Waals surface area (Å²) in [5.74, 6) is -2.41. The fourth-order valence-corrected chi connectivity index (χ4v) is 1.76. The van der Waals surface area contributed by atoms with E-state index in [1.165, 1.54) is 30.0 Å². The number of carbonyl (C=O) groups is 2. The monoisotopic (exact) mass is 294 g/mol. The lowest BCUT2D eigenvalue weighted by Crippen LogP contribution is -2.39. The Bertz CT molecular complexity index is 556. The predicted octanol–water partition coefficient (Wildman–Crippen LogP) is 2.30. The van der Waals surface area contributed by atoms with E-state index in [1.807, 2.05) is 0 Å².